The average molecular weight is 373 g/mol. The van der Waals surface area contributed by atoms with Crippen LogP contribution in [0.5, 0.6) is 0 Å². The standard InChI is InChI=1S/C19H17F2N3O3/c1-11(12-6-7-15(20)16(21)10-12)22-17(25)8-9-24-19(27)14-5-3-2-4-13(14)18(26)23-24/h2-7,10-11H,8-9H2,1H3,(H,22,25)(H,23,26). The predicted octanol–water partition coefficient (Wildman–Crippen LogP) is 2.24. The van der Waals surface area contributed by atoms with Crippen molar-refractivity contribution < 1.29 is 13.6 Å². The summed E-state index contributed by atoms with van der Waals surface area (Å²) in [5.74, 6) is -2.35. The molecule has 1 heterocycles. The van der Waals surface area contributed by atoms with E-state index in [1.165, 1.54) is 6.07 Å². The zero-order valence-electron chi connectivity index (χ0n) is 14.5. The van der Waals surface area contributed by atoms with E-state index in [0.717, 1.165) is 16.8 Å². The van der Waals surface area contributed by atoms with Crippen LogP contribution < -0.4 is 16.4 Å². The largest absolute Gasteiger partial charge is 0.350 e. The summed E-state index contributed by atoms with van der Waals surface area (Å²) in [7, 11) is 0. The van der Waals surface area contributed by atoms with E-state index in [1.807, 2.05) is 0 Å². The van der Waals surface area contributed by atoms with Gasteiger partial charge in [0.05, 0.1) is 23.4 Å². The number of carbonyl (C=O) groups is 1. The first-order valence-corrected chi connectivity index (χ1v) is 8.33. The normalized spacial score (nSPS) is 12.1. The van der Waals surface area contributed by atoms with Gasteiger partial charge in [0.1, 0.15) is 0 Å². The molecule has 0 spiro atoms. The maximum absolute atomic E-state index is 13.3. The average Bonchev–Trinajstić information content (AvgIpc) is 2.65. The number of nitrogens with zero attached hydrogens (tertiary/aromatic N) is 1. The van der Waals surface area contributed by atoms with Crippen molar-refractivity contribution in [3.8, 4) is 0 Å². The van der Waals surface area contributed by atoms with Crippen LogP contribution in [0.25, 0.3) is 10.8 Å². The first-order chi connectivity index (χ1) is 12.9. The molecule has 0 radical (unpaired) electrons. The Morgan fingerprint density at radius 3 is 2.52 bits per heavy atom. The molecule has 3 rings (SSSR count). The van der Waals surface area contributed by atoms with Crippen molar-refractivity contribution in [3.63, 3.8) is 0 Å². The molecule has 6 nitrogen and oxygen atoms in total. The maximum atomic E-state index is 13.3. The number of amides is 1. The monoisotopic (exact) mass is 373 g/mol. The number of aromatic amines is 1. The molecule has 0 bridgehead atoms. The van der Waals surface area contributed by atoms with Crippen LogP contribution >= 0.6 is 0 Å². The molecule has 27 heavy (non-hydrogen) atoms. The van der Waals surface area contributed by atoms with Crippen LogP contribution in [0.15, 0.2) is 52.1 Å². The lowest BCUT2D eigenvalue weighted by molar-refractivity contribution is -0.122. The number of carbonyl (C=O) groups excluding carboxylic acids is 1. The fourth-order valence-corrected chi connectivity index (χ4v) is 2.80. The van der Waals surface area contributed by atoms with Gasteiger partial charge in [0.2, 0.25) is 5.91 Å². The van der Waals surface area contributed by atoms with E-state index in [-0.39, 0.29) is 23.7 Å². The molecule has 140 valence electrons. The van der Waals surface area contributed by atoms with E-state index < -0.39 is 34.7 Å². The predicted molar refractivity (Wildman–Crippen MR) is 96.4 cm³/mol. The lowest BCUT2D eigenvalue weighted by Crippen LogP contribution is -2.33. The molecule has 1 aromatic heterocycles. The number of hydrogen-bond donors (Lipinski definition) is 2. The molecule has 2 N–H and O–H groups in total. The highest BCUT2D eigenvalue weighted by molar-refractivity contribution is 5.80. The summed E-state index contributed by atoms with van der Waals surface area (Å²) in [5.41, 5.74) is -0.397. The van der Waals surface area contributed by atoms with Crippen molar-refractivity contribution in [1.29, 1.82) is 0 Å². The van der Waals surface area contributed by atoms with Crippen molar-refractivity contribution >= 4 is 16.7 Å². The second-order valence-electron chi connectivity index (χ2n) is 6.16. The van der Waals surface area contributed by atoms with Gasteiger partial charge in [0.25, 0.3) is 11.1 Å². The Hall–Kier alpha value is -3.29. The highest BCUT2D eigenvalue weighted by Crippen LogP contribution is 2.16. The molecule has 2 aromatic carbocycles. The SMILES string of the molecule is CC(NC(=O)CCn1[nH]c(=O)c2ccccc2c1=O)c1ccc(F)c(F)c1. The summed E-state index contributed by atoms with van der Waals surface area (Å²) in [5, 5.41) is 5.66. The van der Waals surface area contributed by atoms with Crippen LogP contribution in [-0.2, 0) is 11.3 Å². The van der Waals surface area contributed by atoms with Gasteiger partial charge >= 0.3 is 0 Å². The fraction of sp³-hybridized carbons (Fsp3) is 0.211. The Balaban J connectivity index is 1.70. The van der Waals surface area contributed by atoms with Gasteiger partial charge < -0.3 is 5.32 Å². The first kappa shape index (κ1) is 18.5. The van der Waals surface area contributed by atoms with Crippen LogP contribution in [0.1, 0.15) is 24.9 Å². The molecule has 1 amide bonds. The topological polar surface area (TPSA) is 84.0 Å². The Morgan fingerprint density at radius 2 is 1.81 bits per heavy atom. The lowest BCUT2D eigenvalue weighted by atomic mass is 10.1. The third-order valence-corrected chi connectivity index (χ3v) is 4.27. The molecular weight excluding hydrogens is 356 g/mol. The minimum absolute atomic E-state index is 0.0186. The second-order valence-corrected chi connectivity index (χ2v) is 6.16. The van der Waals surface area contributed by atoms with Gasteiger partial charge in [-0.3, -0.25) is 19.5 Å². The van der Waals surface area contributed by atoms with Gasteiger partial charge in [0, 0.05) is 6.42 Å². The Labute approximate surface area is 152 Å². The summed E-state index contributed by atoms with van der Waals surface area (Å²) in [6.45, 7) is 1.61. The molecule has 0 aliphatic rings. The third-order valence-electron chi connectivity index (χ3n) is 4.27. The van der Waals surface area contributed by atoms with Gasteiger partial charge in [-0.15, -0.1) is 0 Å². The van der Waals surface area contributed by atoms with Gasteiger partial charge in [0.15, 0.2) is 11.6 Å². The minimum atomic E-state index is -0.992. The quantitative estimate of drug-likeness (QED) is 0.719. The summed E-state index contributed by atoms with van der Waals surface area (Å²) in [4.78, 5) is 36.6. The van der Waals surface area contributed by atoms with Gasteiger partial charge in [-0.25, -0.2) is 13.5 Å². The number of H-pyrrole nitrogens is 1. The van der Waals surface area contributed by atoms with Crippen molar-refractivity contribution in [2.75, 3.05) is 0 Å². The van der Waals surface area contributed by atoms with E-state index in [2.05, 4.69) is 10.4 Å². The molecular formula is C19H17F2N3O3. The molecule has 0 aliphatic carbocycles. The van der Waals surface area contributed by atoms with Crippen LogP contribution in [-0.4, -0.2) is 15.7 Å². The Morgan fingerprint density at radius 1 is 1.11 bits per heavy atom. The van der Waals surface area contributed by atoms with E-state index in [4.69, 9.17) is 0 Å². The zero-order chi connectivity index (χ0) is 19.6. The fourth-order valence-electron chi connectivity index (χ4n) is 2.80. The summed E-state index contributed by atoms with van der Waals surface area (Å²) in [6.07, 6.45) is -0.0673. The van der Waals surface area contributed by atoms with Crippen molar-refractivity contribution in [3.05, 3.63) is 80.4 Å². The Bertz CT molecular complexity index is 1120. The van der Waals surface area contributed by atoms with Crippen LogP contribution in [0.3, 0.4) is 0 Å². The first-order valence-electron chi connectivity index (χ1n) is 8.33. The second kappa shape index (κ2) is 7.53. The summed E-state index contributed by atoms with van der Waals surface area (Å²) < 4.78 is 27.4. The molecule has 0 saturated heterocycles. The molecule has 3 aromatic rings. The number of rotatable bonds is 5. The van der Waals surface area contributed by atoms with Gasteiger partial charge in [-0.2, -0.15) is 0 Å². The highest BCUT2D eigenvalue weighted by atomic mass is 19.2. The smallest absolute Gasteiger partial charge is 0.273 e. The number of halogens is 2. The van der Waals surface area contributed by atoms with Crippen LogP contribution in [0.4, 0.5) is 8.78 Å². The molecule has 0 saturated carbocycles. The van der Waals surface area contributed by atoms with E-state index in [1.54, 1.807) is 31.2 Å². The van der Waals surface area contributed by atoms with Gasteiger partial charge in [-0.1, -0.05) is 18.2 Å². The number of benzene rings is 2. The van der Waals surface area contributed by atoms with Crippen molar-refractivity contribution in [2.45, 2.75) is 25.9 Å². The molecule has 1 unspecified atom stereocenters. The van der Waals surface area contributed by atoms with E-state index >= 15 is 0 Å². The molecule has 8 heteroatoms. The summed E-state index contributed by atoms with van der Waals surface area (Å²) in [6, 6.07) is 9.27. The van der Waals surface area contributed by atoms with E-state index in [9.17, 15) is 23.2 Å². The summed E-state index contributed by atoms with van der Waals surface area (Å²) >= 11 is 0. The van der Waals surface area contributed by atoms with Crippen LogP contribution in [0, 0.1) is 11.6 Å². The molecule has 1 atom stereocenters. The Kier molecular flexibility index (Phi) is 5.16. The number of nitrogens with one attached hydrogen (secondary N) is 2. The highest BCUT2D eigenvalue weighted by Gasteiger charge is 2.13. The van der Waals surface area contributed by atoms with E-state index in [0.29, 0.717) is 5.56 Å². The lowest BCUT2D eigenvalue weighted by Gasteiger charge is -2.15. The van der Waals surface area contributed by atoms with Crippen molar-refractivity contribution in [2.24, 2.45) is 0 Å². The van der Waals surface area contributed by atoms with Crippen molar-refractivity contribution in [1.82, 2.24) is 15.1 Å². The van der Waals surface area contributed by atoms with Gasteiger partial charge in [-0.05, 0) is 36.8 Å². The molecule has 0 fully saturated rings. The number of aryl methyl sites for hydroxylation is 1. The number of fused-ring (bicyclic) bond motifs is 1. The third kappa shape index (κ3) is 3.94. The molecule has 0 aliphatic heterocycles. The number of aromatic nitrogens is 2. The number of hydrogen-bond acceptors (Lipinski definition) is 3. The van der Waals surface area contributed by atoms with Crippen LogP contribution in [0.2, 0.25) is 0 Å². The maximum Gasteiger partial charge on any atom is 0.273 e. The zero-order valence-corrected chi connectivity index (χ0v) is 14.5. The minimum Gasteiger partial charge on any atom is -0.350 e.